The minimum atomic E-state index is -0.308. The first-order valence-corrected chi connectivity index (χ1v) is 11.3. The third-order valence-electron chi connectivity index (χ3n) is 5.77. The number of carbonyl (C=O) groups excluding carboxylic acids is 1. The van der Waals surface area contributed by atoms with Crippen molar-refractivity contribution >= 4 is 23.6 Å². The molecule has 4 rings (SSSR count). The van der Waals surface area contributed by atoms with Crippen LogP contribution in [-0.4, -0.2) is 89.4 Å². The number of aromatic nitrogens is 3. The van der Waals surface area contributed by atoms with Crippen molar-refractivity contribution in [2.45, 2.75) is 26.3 Å². The number of carbonyl (C=O) groups is 1. The predicted molar refractivity (Wildman–Crippen MR) is 123 cm³/mol. The van der Waals surface area contributed by atoms with Crippen molar-refractivity contribution in [2.75, 3.05) is 62.3 Å². The summed E-state index contributed by atoms with van der Waals surface area (Å²) in [5.74, 6) is 0.901. The van der Waals surface area contributed by atoms with Gasteiger partial charge in [-0.3, -0.25) is 10.3 Å². The van der Waals surface area contributed by atoms with Gasteiger partial charge in [0.05, 0.1) is 18.9 Å². The van der Waals surface area contributed by atoms with Crippen LogP contribution in [0, 0.1) is 0 Å². The molecule has 0 unspecified atom stereocenters. The normalized spacial score (nSPS) is 18.4. The van der Waals surface area contributed by atoms with Crippen molar-refractivity contribution in [3.8, 4) is 0 Å². The van der Waals surface area contributed by atoms with E-state index in [1.54, 1.807) is 0 Å². The average molecular weight is 441 g/mol. The van der Waals surface area contributed by atoms with Gasteiger partial charge in [0.25, 0.3) is 0 Å². The van der Waals surface area contributed by atoms with Crippen LogP contribution in [0.2, 0.25) is 0 Å². The quantitative estimate of drug-likeness (QED) is 0.754. The number of para-hydroxylation sites is 1. The van der Waals surface area contributed by atoms with Crippen LogP contribution in [0.25, 0.3) is 0 Å². The van der Waals surface area contributed by atoms with E-state index in [1.165, 1.54) is 11.2 Å². The van der Waals surface area contributed by atoms with Gasteiger partial charge in [-0.15, -0.1) is 0 Å². The Labute approximate surface area is 189 Å². The van der Waals surface area contributed by atoms with Crippen LogP contribution in [0.1, 0.15) is 20.3 Å². The van der Waals surface area contributed by atoms with Gasteiger partial charge in [0.15, 0.2) is 0 Å². The smallest absolute Gasteiger partial charge is 0.343 e. The van der Waals surface area contributed by atoms with E-state index in [4.69, 9.17) is 9.72 Å². The summed E-state index contributed by atoms with van der Waals surface area (Å²) in [5.41, 5.74) is 3.65. The molecule has 2 fully saturated rings. The number of nitrogens with zero attached hydrogens (tertiary/aromatic N) is 7. The molecule has 2 aliphatic heterocycles. The SMILES string of the molecule is CC(C)N1CCCN(c2ncnc(N(C(=O)NN3CCOCC3)c3ccccc3)n2)CC1. The second kappa shape index (κ2) is 10.7. The Morgan fingerprint density at radius 2 is 1.81 bits per heavy atom. The minimum absolute atomic E-state index is 0.303. The number of hydrogen-bond donors (Lipinski definition) is 1. The Kier molecular flexibility index (Phi) is 7.46. The molecule has 0 radical (unpaired) electrons. The standard InChI is InChI=1S/C22H32N8O2/c1-18(2)27-9-6-10-28(12-11-27)20-23-17-24-21(25-20)30(19-7-4-3-5-8-19)22(31)26-29-13-15-32-16-14-29/h3-5,7-8,17-18H,6,9-16H2,1-2H3,(H,26,31). The largest absolute Gasteiger partial charge is 0.379 e. The molecular weight excluding hydrogens is 408 g/mol. The maximum absolute atomic E-state index is 13.3. The van der Waals surface area contributed by atoms with Gasteiger partial charge in [0.2, 0.25) is 11.9 Å². The van der Waals surface area contributed by atoms with Gasteiger partial charge in [0, 0.05) is 45.3 Å². The van der Waals surface area contributed by atoms with Crippen LogP contribution < -0.4 is 15.2 Å². The second-order valence-corrected chi connectivity index (χ2v) is 8.24. The van der Waals surface area contributed by atoms with Crippen molar-refractivity contribution in [3.05, 3.63) is 36.7 Å². The lowest BCUT2D eigenvalue weighted by molar-refractivity contribution is 0.0203. The van der Waals surface area contributed by atoms with Gasteiger partial charge < -0.3 is 9.64 Å². The topological polar surface area (TPSA) is 90.0 Å². The number of morpholine rings is 1. The molecular formula is C22H32N8O2. The van der Waals surface area contributed by atoms with Crippen LogP contribution in [-0.2, 0) is 4.74 Å². The zero-order chi connectivity index (χ0) is 22.3. The monoisotopic (exact) mass is 440 g/mol. The molecule has 0 atom stereocenters. The van der Waals surface area contributed by atoms with E-state index in [1.807, 2.05) is 35.3 Å². The number of urea groups is 1. The van der Waals surface area contributed by atoms with E-state index in [0.29, 0.717) is 49.9 Å². The highest BCUT2D eigenvalue weighted by atomic mass is 16.5. The number of nitrogens with one attached hydrogen (secondary N) is 1. The highest BCUT2D eigenvalue weighted by Gasteiger charge is 2.25. The molecule has 1 aromatic carbocycles. The summed E-state index contributed by atoms with van der Waals surface area (Å²) in [7, 11) is 0. The van der Waals surface area contributed by atoms with Gasteiger partial charge >= 0.3 is 6.03 Å². The third kappa shape index (κ3) is 5.50. The lowest BCUT2D eigenvalue weighted by Crippen LogP contribution is -2.52. The molecule has 1 aromatic heterocycles. The summed E-state index contributed by atoms with van der Waals surface area (Å²) in [6.07, 6.45) is 2.53. The Morgan fingerprint density at radius 3 is 2.56 bits per heavy atom. The second-order valence-electron chi connectivity index (χ2n) is 8.24. The summed E-state index contributed by atoms with van der Waals surface area (Å²) in [4.78, 5) is 32.9. The molecule has 0 bridgehead atoms. The van der Waals surface area contributed by atoms with Gasteiger partial charge in [0.1, 0.15) is 6.33 Å². The molecule has 2 amide bonds. The number of hydrogen-bond acceptors (Lipinski definition) is 8. The first-order chi connectivity index (χ1) is 15.6. The molecule has 0 aliphatic carbocycles. The van der Waals surface area contributed by atoms with Crippen molar-refractivity contribution in [1.29, 1.82) is 0 Å². The van der Waals surface area contributed by atoms with Gasteiger partial charge in [-0.05, 0) is 32.4 Å². The van der Waals surface area contributed by atoms with E-state index in [0.717, 1.165) is 32.6 Å². The predicted octanol–water partition coefficient (Wildman–Crippen LogP) is 1.89. The van der Waals surface area contributed by atoms with Gasteiger partial charge in [-0.2, -0.15) is 4.98 Å². The Hall–Kier alpha value is -2.82. The van der Waals surface area contributed by atoms with Gasteiger partial charge in [-0.25, -0.2) is 24.7 Å². The number of anilines is 3. The molecule has 3 heterocycles. The van der Waals surface area contributed by atoms with E-state index in [9.17, 15) is 4.79 Å². The first kappa shape index (κ1) is 22.4. The molecule has 0 saturated carbocycles. The molecule has 2 aliphatic rings. The molecule has 0 spiro atoms. The number of hydrazine groups is 1. The molecule has 10 heteroatoms. The maximum atomic E-state index is 13.3. The fraction of sp³-hybridized carbons (Fsp3) is 0.545. The lowest BCUT2D eigenvalue weighted by atomic mass is 10.3. The highest BCUT2D eigenvalue weighted by molar-refractivity contribution is 5.97. The molecule has 1 N–H and O–H groups in total. The Balaban J connectivity index is 1.57. The summed E-state index contributed by atoms with van der Waals surface area (Å²) < 4.78 is 5.38. The number of ether oxygens (including phenoxy) is 1. The van der Waals surface area contributed by atoms with Crippen LogP contribution in [0.3, 0.4) is 0 Å². The summed E-state index contributed by atoms with van der Waals surface area (Å²) in [6, 6.07) is 9.64. The van der Waals surface area contributed by atoms with Crippen LogP contribution >= 0.6 is 0 Å². The first-order valence-electron chi connectivity index (χ1n) is 11.3. The van der Waals surface area contributed by atoms with E-state index >= 15 is 0 Å². The summed E-state index contributed by atoms with van der Waals surface area (Å²) in [6.45, 7) is 10.6. The van der Waals surface area contributed by atoms with Crippen molar-refractivity contribution < 1.29 is 9.53 Å². The lowest BCUT2D eigenvalue weighted by Gasteiger charge is -2.30. The number of benzene rings is 1. The number of amides is 2. The zero-order valence-corrected chi connectivity index (χ0v) is 18.9. The Bertz CT molecular complexity index is 875. The van der Waals surface area contributed by atoms with Crippen molar-refractivity contribution in [2.24, 2.45) is 0 Å². The van der Waals surface area contributed by atoms with Gasteiger partial charge in [-0.1, -0.05) is 18.2 Å². The fourth-order valence-electron chi connectivity index (χ4n) is 3.95. The minimum Gasteiger partial charge on any atom is -0.379 e. The fourth-order valence-corrected chi connectivity index (χ4v) is 3.95. The molecule has 10 nitrogen and oxygen atoms in total. The van der Waals surface area contributed by atoms with Crippen LogP contribution in [0.15, 0.2) is 36.7 Å². The zero-order valence-electron chi connectivity index (χ0n) is 18.9. The van der Waals surface area contributed by atoms with Crippen molar-refractivity contribution in [1.82, 2.24) is 30.3 Å². The highest BCUT2D eigenvalue weighted by Crippen LogP contribution is 2.23. The number of rotatable bonds is 5. The molecule has 172 valence electrons. The van der Waals surface area contributed by atoms with E-state index in [-0.39, 0.29) is 6.03 Å². The van der Waals surface area contributed by atoms with E-state index < -0.39 is 0 Å². The summed E-state index contributed by atoms with van der Waals surface area (Å²) >= 11 is 0. The maximum Gasteiger partial charge on any atom is 0.343 e. The van der Waals surface area contributed by atoms with Crippen molar-refractivity contribution in [3.63, 3.8) is 0 Å². The van der Waals surface area contributed by atoms with Crippen LogP contribution in [0.5, 0.6) is 0 Å². The molecule has 2 aromatic rings. The summed E-state index contributed by atoms with van der Waals surface area (Å²) in [5, 5.41) is 1.86. The van der Waals surface area contributed by atoms with Crippen LogP contribution in [0.4, 0.5) is 22.4 Å². The van der Waals surface area contributed by atoms with E-state index in [2.05, 4.69) is 39.0 Å². The molecule has 2 saturated heterocycles. The third-order valence-corrected chi connectivity index (χ3v) is 5.77. The molecule has 32 heavy (non-hydrogen) atoms. The average Bonchev–Trinajstić information content (AvgIpc) is 3.08. The Morgan fingerprint density at radius 1 is 1.03 bits per heavy atom.